The highest BCUT2D eigenvalue weighted by Gasteiger charge is 2.29. The Morgan fingerprint density at radius 2 is 1.76 bits per heavy atom. The van der Waals surface area contributed by atoms with Gasteiger partial charge in [-0.2, -0.15) is 0 Å². The Labute approximate surface area is 237 Å². The Bertz CT molecular complexity index is 1690. The van der Waals surface area contributed by atoms with E-state index < -0.39 is 5.60 Å². The molecule has 4 N–H and O–H groups in total. The largest absolute Gasteiger partial charge is 0.379 e. The first-order valence-electron chi connectivity index (χ1n) is 13.7. The molecule has 0 bridgehead atoms. The van der Waals surface area contributed by atoms with E-state index in [1.165, 1.54) is 0 Å². The summed E-state index contributed by atoms with van der Waals surface area (Å²) in [6, 6.07) is 17.2. The first kappa shape index (κ1) is 26.4. The van der Waals surface area contributed by atoms with Crippen molar-refractivity contribution in [2.45, 2.75) is 25.9 Å². The van der Waals surface area contributed by atoms with Crippen LogP contribution in [0, 0.1) is 0 Å². The average molecular weight is 549 g/mol. The number of nitrogens with zero attached hydrogens (tertiary/aromatic N) is 6. The quantitative estimate of drug-likeness (QED) is 0.290. The van der Waals surface area contributed by atoms with Crippen LogP contribution in [-0.2, 0) is 10.4 Å². The Hall–Kier alpha value is -4.83. The van der Waals surface area contributed by atoms with Crippen LogP contribution in [0.2, 0.25) is 0 Å². The van der Waals surface area contributed by atoms with Gasteiger partial charge in [-0.05, 0) is 36.8 Å². The maximum absolute atomic E-state index is 12.0. The molecule has 4 aromatic heterocycles. The third-order valence-electron chi connectivity index (χ3n) is 7.73. The topological polar surface area (TPSA) is 137 Å². The summed E-state index contributed by atoms with van der Waals surface area (Å²) in [5, 5.41) is 12.2. The number of H-pyrrole nitrogens is 1. The van der Waals surface area contributed by atoms with Gasteiger partial charge in [0.2, 0.25) is 11.9 Å². The van der Waals surface area contributed by atoms with Gasteiger partial charge >= 0.3 is 0 Å². The molecule has 1 unspecified atom stereocenters. The minimum Gasteiger partial charge on any atom is -0.379 e. The van der Waals surface area contributed by atoms with Gasteiger partial charge in [0.1, 0.15) is 17.1 Å². The van der Waals surface area contributed by atoms with Crippen molar-refractivity contribution in [1.29, 1.82) is 0 Å². The number of benzene rings is 1. The second kappa shape index (κ2) is 10.6. The van der Waals surface area contributed by atoms with E-state index in [0.29, 0.717) is 42.1 Å². The maximum Gasteiger partial charge on any atom is 0.222 e. The fraction of sp³-hybridized carbons (Fsp3) is 0.258. The number of pyridine rings is 2. The molecule has 208 valence electrons. The number of nitrogens with two attached hydrogens (primary N) is 1. The van der Waals surface area contributed by atoms with E-state index >= 15 is 0 Å². The molecule has 0 saturated carbocycles. The molecule has 1 fully saturated rings. The number of aliphatic hydroxyl groups is 1. The summed E-state index contributed by atoms with van der Waals surface area (Å²) in [5.41, 5.74) is 9.83. The third kappa shape index (κ3) is 5.09. The summed E-state index contributed by atoms with van der Waals surface area (Å²) in [6.07, 6.45) is 6.04. The Balaban J connectivity index is 1.28. The van der Waals surface area contributed by atoms with E-state index in [4.69, 9.17) is 10.7 Å². The molecule has 10 heteroatoms. The maximum atomic E-state index is 12.0. The van der Waals surface area contributed by atoms with Crippen LogP contribution in [0.5, 0.6) is 0 Å². The second-order valence-corrected chi connectivity index (χ2v) is 10.4. The average Bonchev–Trinajstić information content (AvgIpc) is 3.44. The number of hydrogen-bond donors (Lipinski definition) is 3. The fourth-order valence-corrected chi connectivity index (χ4v) is 5.29. The number of rotatable bonds is 6. The van der Waals surface area contributed by atoms with Crippen molar-refractivity contribution in [3.63, 3.8) is 0 Å². The molecule has 6 rings (SSSR count). The number of anilines is 2. The summed E-state index contributed by atoms with van der Waals surface area (Å²) in [5.74, 6) is 1.16. The van der Waals surface area contributed by atoms with Crippen molar-refractivity contribution in [2.75, 3.05) is 36.8 Å². The number of hydrogen-bond acceptors (Lipinski definition) is 8. The lowest BCUT2D eigenvalue weighted by Gasteiger charge is -2.35. The van der Waals surface area contributed by atoms with E-state index in [2.05, 4.69) is 24.8 Å². The van der Waals surface area contributed by atoms with Crippen molar-refractivity contribution in [1.82, 2.24) is 29.8 Å². The van der Waals surface area contributed by atoms with E-state index in [9.17, 15) is 9.90 Å². The molecule has 0 aliphatic carbocycles. The van der Waals surface area contributed by atoms with Crippen molar-refractivity contribution in [3.8, 4) is 22.4 Å². The number of nitrogens with one attached hydrogen (secondary N) is 1. The highest BCUT2D eigenvalue weighted by Crippen LogP contribution is 2.34. The van der Waals surface area contributed by atoms with Gasteiger partial charge in [0.25, 0.3) is 0 Å². The molecule has 5 aromatic rings. The normalized spacial score (nSPS) is 15.2. The number of amides is 1. The minimum absolute atomic E-state index is 0.0758. The zero-order valence-electron chi connectivity index (χ0n) is 23.1. The third-order valence-corrected chi connectivity index (χ3v) is 7.73. The molecule has 10 nitrogen and oxygen atoms in total. The van der Waals surface area contributed by atoms with Crippen LogP contribution in [0.4, 0.5) is 11.8 Å². The molecule has 1 atom stereocenters. The number of piperazine rings is 1. The highest BCUT2D eigenvalue weighted by molar-refractivity contribution is 5.95. The van der Waals surface area contributed by atoms with Crippen LogP contribution in [0.25, 0.3) is 33.4 Å². The summed E-state index contributed by atoms with van der Waals surface area (Å²) < 4.78 is 0. The van der Waals surface area contributed by atoms with Gasteiger partial charge in [0.15, 0.2) is 0 Å². The first-order valence-corrected chi connectivity index (χ1v) is 13.7. The zero-order valence-corrected chi connectivity index (χ0v) is 23.1. The lowest BCUT2D eigenvalue weighted by Crippen LogP contribution is -2.48. The summed E-state index contributed by atoms with van der Waals surface area (Å²) >= 11 is 0. The molecule has 0 radical (unpaired) electrons. The van der Waals surface area contributed by atoms with Gasteiger partial charge in [-0.25, -0.2) is 19.9 Å². The number of fused-ring (bicyclic) bond motifs is 1. The molecule has 41 heavy (non-hydrogen) atoms. The second-order valence-electron chi connectivity index (χ2n) is 10.4. The smallest absolute Gasteiger partial charge is 0.222 e. The van der Waals surface area contributed by atoms with Gasteiger partial charge in [0, 0.05) is 73.3 Å². The van der Waals surface area contributed by atoms with Gasteiger partial charge in [0.05, 0.1) is 11.4 Å². The number of nitrogen functional groups attached to an aromatic ring is 1. The van der Waals surface area contributed by atoms with E-state index in [-0.39, 0.29) is 11.9 Å². The number of aromatic nitrogens is 5. The fourth-order valence-electron chi connectivity index (χ4n) is 5.29. The Morgan fingerprint density at radius 3 is 2.46 bits per heavy atom. The zero-order chi connectivity index (χ0) is 28.6. The highest BCUT2D eigenvalue weighted by atomic mass is 16.3. The summed E-state index contributed by atoms with van der Waals surface area (Å²) in [6.45, 7) is 6.55. The molecule has 1 aliphatic heterocycles. The molecular weight excluding hydrogens is 516 g/mol. The van der Waals surface area contributed by atoms with Gasteiger partial charge in [-0.15, -0.1) is 0 Å². The monoisotopic (exact) mass is 548 g/mol. The van der Waals surface area contributed by atoms with Crippen LogP contribution in [0.3, 0.4) is 0 Å². The molecule has 1 aromatic carbocycles. The van der Waals surface area contributed by atoms with Gasteiger partial charge < -0.3 is 25.6 Å². The van der Waals surface area contributed by atoms with E-state index in [1.54, 1.807) is 13.0 Å². The standard InChI is InChI=1S/C31H32N8O2/c1-3-28(40)39-13-11-38(12-14-39)27-10-9-20(17-33-27)21-15-23-24(19-35-29(23)34-18-21)25-16-26(37-30(32)36-25)31(2,41)22-7-5-4-6-8-22/h4-10,15-19,41H,3,11-14H2,1-2H3,(H,34,35)(H2,32,36,37). The van der Waals surface area contributed by atoms with Crippen LogP contribution in [0.15, 0.2) is 73.2 Å². The number of carbonyl (C=O) groups excluding carboxylic acids is 1. The molecule has 0 spiro atoms. The van der Waals surface area contributed by atoms with Crippen molar-refractivity contribution in [2.24, 2.45) is 0 Å². The Kier molecular flexibility index (Phi) is 6.84. The molecule has 1 amide bonds. The predicted octanol–water partition coefficient (Wildman–Crippen LogP) is 3.98. The Morgan fingerprint density at radius 1 is 1.00 bits per heavy atom. The molecule has 5 heterocycles. The van der Waals surface area contributed by atoms with Crippen molar-refractivity contribution >= 4 is 28.7 Å². The van der Waals surface area contributed by atoms with Gasteiger partial charge in [-0.1, -0.05) is 37.3 Å². The van der Waals surface area contributed by atoms with Crippen LogP contribution >= 0.6 is 0 Å². The van der Waals surface area contributed by atoms with Crippen LogP contribution < -0.4 is 10.6 Å². The van der Waals surface area contributed by atoms with Gasteiger partial charge in [-0.3, -0.25) is 4.79 Å². The summed E-state index contributed by atoms with van der Waals surface area (Å²) in [4.78, 5) is 37.5. The lowest BCUT2D eigenvalue weighted by atomic mass is 9.91. The van der Waals surface area contributed by atoms with Crippen LogP contribution in [-0.4, -0.2) is 67.0 Å². The number of aromatic amines is 1. The van der Waals surface area contributed by atoms with E-state index in [1.807, 2.05) is 78.9 Å². The van der Waals surface area contributed by atoms with Crippen LogP contribution in [0.1, 0.15) is 31.5 Å². The predicted molar refractivity (Wildman–Crippen MR) is 159 cm³/mol. The van der Waals surface area contributed by atoms with E-state index in [0.717, 1.165) is 41.0 Å². The molecular formula is C31H32N8O2. The van der Waals surface area contributed by atoms with Crippen molar-refractivity contribution in [3.05, 3.63) is 84.4 Å². The first-order chi connectivity index (χ1) is 19.8. The lowest BCUT2D eigenvalue weighted by molar-refractivity contribution is -0.131. The number of carbonyl (C=O) groups is 1. The SMILES string of the molecule is CCC(=O)N1CCN(c2ccc(-c3cnc4[nH]cc(-c5cc(C(C)(O)c6ccccc6)nc(N)n5)c4c3)cn2)CC1. The summed E-state index contributed by atoms with van der Waals surface area (Å²) in [7, 11) is 0. The molecule has 1 saturated heterocycles. The minimum atomic E-state index is -1.35. The molecule has 1 aliphatic rings. The van der Waals surface area contributed by atoms with Crippen molar-refractivity contribution < 1.29 is 9.90 Å².